The highest BCUT2D eigenvalue weighted by Crippen LogP contribution is 2.28. The summed E-state index contributed by atoms with van der Waals surface area (Å²) in [6, 6.07) is 10.0. The van der Waals surface area contributed by atoms with Crippen LogP contribution in [-0.4, -0.2) is 34.2 Å². The second-order valence-corrected chi connectivity index (χ2v) is 6.22. The maximum atomic E-state index is 12.6. The first-order chi connectivity index (χ1) is 12.7. The zero-order valence-electron chi connectivity index (χ0n) is 15.5. The molecule has 0 radical (unpaired) electrons. The summed E-state index contributed by atoms with van der Waals surface area (Å²) < 4.78 is 7.07. The van der Waals surface area contributed by atoms with Gasteiger partial charge in [-0.3, -0.25) is 4.79 Å². The van der Waals surface area contributed by atoms with Gasteiger partial charge in [0, 0.05) is 25.4 Å². The molecule has 0 bridgehead atoms. The standard InChI is InChI=1S/C20H24N4O2/c1-4-5-11-21-20(25)16-12-22-19-18(15-9-7-6-8-10-15)14(2)23-24(19)17(16)13-26-3/h6-10,12H,4-5,11,13H2,1-3H3,(H,21,25). The predicted molar refractivity (Wildman–Crippen MR) is 101 cm³/mol. The third kappa shape index (κ3) is 3.46. The number of carbonyl (C=O) groups is 1. The first kappa shape index (κ1) is 18.1. The van der Waals surface area contributed by atoms with Crippen LogP contribution < -0.4 is 5.32 Å². The number of fused-ring (bicyclic) bond motifs is 1. The number of hydrogen-bond acceptors (Lipinski definition) is 4. The Morgan fingerprint density at radius 1 is 1.27 bits per heavy atom. The van der Waals surface area contributed by atoms with E-state index in [1.165, 1.54) is 0 Å². The van der Waals surface area contributed by atoms with Crippen LogP contribution in [0.1, 0.15) is 41.5 Å². The van der Waals surface area contributed by atoms with E-state index in [9.17, 15) is 4.79 Å². The van der Waals surface area contributed by atoms with Crippen molar-refractivity contribution in [3.05, 3.63) is 53.5 Å². The normalized spacial score (nSPS) is 11.0. The second-order valence-electron chi connectivity index (χ2n) is 6.22. The third-order valence-corrected chi connectivity index (χ3v) is 4.32. The minimum absolute atomic E-state index is 0.144. The van der Waals surface area contributed by atoms with Gasteiger partial charge in [-0.05, 0) is 18.9 Å². The summed E-state index contributed by atoms with van der Waals surface area (Å²) in [5.41, 5.74) is 4.82. The monoisotopic (exact) mass is 352 g/mol. The van der Waals surface area contributed by atoms with Crippen LogP contribution in [0, 0.1) is 6.92 Å². The van der Waals surface area contributed by atoms with Gasteiger partial charge in [0.15, 0.2) is 5.65 Å². The fourth-order valence-electron chi connectivity index (χ4n) is 3.02. The molecule has 2 aromatic heterocycles. The van der Waals surface area contributed by atoms with Gasteiger partial charge in [0.25, 0.3) is 5.91 Å². The van der Waals surface area contributed by atoms with E-state index in [2.05, 4.69) is 22.3 Å². The van der Waals surface area contributed by atoms with E-state index < -0.39 is 0 Å². The summed E-state index contributed by atoms with van der Waals surface area (Å²) in [6.45, 7) is 4.97. The van der Waals surface area contributed by atoms with Gasteiger partial charge in [-0.15, -0.1) is 0 Å². The van der Waals surface area contributed by atoms with Crippen molar-refractivity contribution in [2.45, 2.75) is 33.3 Å². The molecule has 0 aliphatic heterocycles. The van der Waals surface area contributed by atoms with Gasteiger partial charge < -0.3 is 10.1 Å². The summed E-state index contributed by atoms with van der Waals surface area (Å²) in [6.07, 6.45) is 3.60. The van der Waals surface area contributed by atoms with E-state index in [0.717, 1.165) is 35.3 Å². The van der Waals surface area contributed by atoms with Crippen LogP contribution in [-0.2, 0) is 11.3 Å². The molecular formula is C20H24N4O2. The molecule has 0 fully saturated rings. The molecule has 6 nitrogen and oxygen atoms in total. The molecule has 0 unspecified atom stereocenters. The van der Waals surface area contributed by atoms with Crippen molar-refractivity contribution in [1.82, 2.24) is 19.9 Å². The summed E-state index contributed by atoms with van der Waals surface area (Å²) >= 11 is 0. The van der Waals surface area contributed by atoms with Crippen LogP contribution in [0.4, 0.5) is 0 Å². The van der Waals surface area contributed by atoms with E-state index >= 15 is 0 Å². The van der Waals surface area contributed by atoms with E-state index in [1.54, 1.807) is 17.8 Å². The van der Waals surface area contributed by atoms with E-state index in [1.807, 2.05) is 37.3 Å². The second kappa shape index (κ2) is 8.10. The predicted octanol–water partition coefficient (Wildman–Crippen LogP) is 3.38. The molecule has 0 saturated carbocycles. The molecule has 0 spiro atoms. The average Bonchev–Trinajstić information content (AvgIpc) is 2.99. The van der Waals surface area contributed by atoms with Crippen LogP contribution in [0.3, 0.4) is 0 Å². The third-order valence-electron chi connectivity index (χ3n) is 4.32. The highest BCUT2D eigenvalue weighted by Gasteiger charge is 2.20. The Hall–Kier alpha value is -2.73. The van der Waals surface area contributed by atoms with Crippen molar-refractivity contribution < 1.29 is 9.53 Å². The van der Waals surface area contributed by atoms with Crippen molar-refractivity contribution in [2.75, 3.05) is 13.7 Å². The van der Waals surface area contributed by atoms with E-state index in [-0.39, 0.29) is 12.5 Å². The minimum atomic E-state index is -0.144. The number of nitrogens with one attached hydrogen (secondary N) is 1. The molecule has 3 rings (SSSR count). The Morgan fingerprint density at radius 3 is 2.73 bits per heavy atom. The number of nitrogens with zero attached hydrogens (tertiary/aromatic N) is 3. The highest BCUT2D eigenvalue weighted by atomic mass is 16.5. The molecule has 0 saturated heterocycles. The fourth-order valence-corrected chi connectivity index (χ4v) is 3.02. The van der Waals surface area contributed by atoms with Gasteiger partial charge in [-0.2, -0.15) is 5.10 Å². The molecule has 136 valence electrons. The molecular weight excluding hydrogens is 328 g/mol. The average molecular weight is 352 g/mol. The summed E-state index contributed by atoms with van der Waals surface area (Å²) in [5.74, 6) is -0.144. The first-order valence-corrected chi connectivity index (χ1v) is 8.87. The molecule has 3 aromatic rings. The lowest BCUT2D eigenvalue weighted by Gasteiger charge is -2.11. The molecule has 0 aliphatic carbocycles. The number of aromatic nitrogens is 3. The maximum absolute atomic E-state index is 12.6. The molecule has 0 atom stereocenters. The Balaban J connectivity index is 2.10. The number of aryl methyl sites for hydroxylation is 1. The smallest absolute Gasteiger partial charge is 0.254 e. The number of amides is 1. The van der Waals surface area contributed by atoms with Crippen LogP contribution in [0.15, 0.2) is 36.5 Å². The molecule has 26 heavy (non-hydrogen) atoms. The molecule has 0 aliphatic rings. The minimum Gasteiger partial charge on any atom is -0.378 e. The molecule has 2 heterocycles. The fraction of sp³-hybridized carbons (Fsp3) is 0.350. The van der Waals surface area contributed by atoms with Crippen LogP contribution >= 0.6 is 0 Å². The number of unbranched alkanes of at least 4 members (excludes halogenated alkanes) is 1. The van der Waals surface area contributed by atoms with Crippen molar-refractivity contribution in [2.24, 2.45) is 0 Å². The summed E-state index contributed by atoms with van der Waals surface area (Å²) in [7, 11) is 1.61. The SMILES string of the molecule is CCCCNC(=O)c1cnc2c(-c3ccccc3)c(C)nn2c1COC. The van der Waals surface area contributed by atoms with Crippen molar-refractivity contribution >= 4 is 11.6 Å². The van der Waals surface area contributed by atoms with Crippen LogP contribution in [0.5, 0.6) is 0 Å². The Kier molecular flexibility index (Phi) is 5.63. The number of benzene rings is 1. The number of methoxy groups -OCH3 is 1. The largest absolute Gasteiger partial charge is 0.378 e. The quantitative estimate of drug-likeness (QED) is 0.662. The summed E-state index contributed by atoms with van der Waals surface area (Å²) in [5, 5.41) is 7.58. The Bertz CT molecular complexity index is 903. The maximum Gasteiger partial charge on any atom is 0.254 e. The van der Waals surface area contributed by atoms with E-state index in [0.29, 0.717) is 17.8 Å². The van der Waals surface area contributed by atoms with Gasteiger partial charge in [0.05, 0.1) is 23.6 Å². The number of hydrogen-bond donors (Lipinski definition) is 1. The number of carbonyl (C=O) groups excluding carboxylic acids is 1. The molecule has 1 amide bonds. The lowest BCUT2D eigenvalue weighted by atomic mass is 10.1. The van der Waals surface area contributed by atoms with Gasteiger partial charge in [0.2, 0.25) is 0 Å². The Morgan fingerprint density at radius 2 is 2.04 bits per heavy atom. The van der Waals surface area contributed by atoms with Gasteiger partial charge in [-0.1, -0.05) is 43.7 Å². The Labute approximate surface area is 153 Å². The highest BCUT2D eigenvalue weighted by molar-refractivity contribution is 5.95. The molecule has 6 heteroatoms. The zero-order valence-corrected chi connectivity index (χ0v) is 15.5. The lowest BCUT2D eigenvalue weighted by molar-refractivity contribution is 0.0946. The summed E-state index contributed by atoms with van der Waals surface area (Å²) in [4.78, 5) is 17.1. The van der Waals surface area contributed by atoms with Crippen LogP contribution in [0.25, 0.3) is 16.8 Å². The first-order valence-electron chi connectivity index (χ1n) is 8.87. The number of ether oxygens (including phenoxy) is 1. The van der Waals surface area contributed by atoms with Gasteiger partial charge in [-0.25, -0.2) is 9.50 Å². The van der Waals surface area contributed by atoms with E-state index in [4.69, 9.17) is 4.74 Å². The molecule has 1 aromatic carbocycles. The van der Waals surface area contributed by atoms with Crippen LogP contribution in [0.2, 0.25) is 0 Å². The molecule has 1 N–H and O–H groups in total. The van der Waals surface area contributed by atoms with Gasteiger partial charge >= 0.3 is 0 Å². The van der Waals surface area contributed by atoms with Gasteiger partial charge in [0.1, 0.15) is 0 Å². The van der Waals surface area contributed by atoms with Crippen molar-refractivity contribution in [3.8, 4) is 11.1 Å². The van der Waals surface area contributed by atoms with Crippen molar-refractivity contribution in [3.63, 3.8) is 0 Å². The number of rotatable bonds is 7. The zero-order chi connectivity index (χ0) is 18.5. The topological polar surface area (TPSA) is 68.5 Å². The lowest BCUT2D eigenvalue weighted by Crippen LogP contribution is -2.27. The van der Waals surface area contributed by atoms with Crippen molar-refractivity contribution in [1.29, 1.82) is 0 Å².